The molecule has 1 heterocycles. The summed E-state index contributed by atoms with van der Waals surface area (Å²) >= 11 is 0. The molecule has 0 fully saturated rings. The number of amides is 3. The van der Waals surface area contributed by atoms with Crippen molar-refractivity contribution in [2.45, 2.75) is 25.9 Å². The standard InChI is InChI=1S/C21H23N3O4/c1-14-10-17-9-8-15(12-22-21(27)23-13-19(25)28-2)11-18(17)24(14)20(26)16-6-4-3-5-7-16/h3-9,11,14H,10,12-13H2,1-2H3,(H2,22,23,27)/t14-/m1/s1. The van der Waals surface area contributed by atoms with Crippen LogP contribution in [0.25, 0.3) is 0 Å². The predicted octanol–water partition coefficient (Wildman–Crippen LogP) is 2.25. The van der Waals surface area contributed by atoms with Gasteiger partial charge in [-0.05, 0) is 42.7 Å². The second-order valence-electron chi connectivity index (χ2n) is 6.67. The lowest BCUT2D eigenvalue weighted by Crippen LogP contribution is -2.38. The van der Waals surface area contributed by atoms with E-state index in [0.717, 1.165) is 23.2 Å². The van der Waals surface area contributed by atoms with Gasteiger partial charge in [-0.2, -0.15) is 0 Å². The summed E-state index contributed by atoms with van der Waals surface area (Å²) in [6.07, 6.45) is 0.793. The number of esters is 1. The molecule has 2 aromatic rings. The van der Waals surface area contributed by atoms with Crippen molar-refractivity contribution < 1.29 is 19.1 Å². The molecule has 3 rings (SSSR count). The minimum absolute atomic E-state index is 0.0345. The van der Waals surface area contributed by atoms with Crippen molar-refractivity contribution in [1.82, 2.24) is 10.6 Å². The van der Waals surface area contributed by atoms with Crippen molar-refractivity contribution in [2.75, 3.05) is 18.6 Å². The molecule has 7 nitrogen and oxygen atoms in total. The number of fused-ring (bicyclic) bond motifs is 1. The first-order chi connectivity index (χ1) is 13.5. The minimum atomic E-state index is -0.517. The van der Waals surface area contributed by atoms with Crippen LogP contribution >= 0.6 is 0 Å². The first kappa shape index (κ1) is 19.4. The number of methoxy groups -OCH3 is 1. The maximum absolute atomic E-state index is 13.0. The Bertz CT molecular complexity index is 882. The second-order valence-corrected chi connectivity index (χ2v) is 6.67. The molecule has 1 atom stereocenters. The highest BCUT2D eigenvalue weighted by Crippen LogP contribution is 2.34. The van der Waals surface area contributed by atoms with Crippen molar-refractivity contribution >= 4 is 23.6 Å². The van der Waals surface area contributed by atoms with Crippen molar-refractivity contribution in [3.63, 3.8) is 0 Å². The van der Waals surface area contributed by atoms with E-state index >= 15 is 0 Å². The molecular weight excluding hydrogens is 358 g/mol. The number of rotatable bonds is 5. The molecule has 0 unspecified atom stereocenters. The van der Waals surface area contributed by atoms with Gasteiger partial charge in [0.25, 0.3) is 5.91 Å². The highest BCUT2D eigenvalue weighted by Gasteiger charge is 2.31. The number of carbonyl (C=O) groups is 3. The molecule has 7 heteroatoms. The summed E-state index contributed by atoms with van der Waals surface area (Å²) in [6.45, 7) is 2.12. The third kappa shape index (κ3) is 4.31. The van der Waals surface area contributed by atoms with E-state index in [0.29, 0.717) is 5.56 Å². The lowest BCUT2D eigenvalue weighted by molar-refractivity contribution is -0.139. The van der Waals surface area contributed by atoms with Gasteiger partial charge in [0.2, 0.25) is 0 Å². The highest BCUT2D eigenvalue weighted by molar-refractivity contribution is 6.07. The molecule has 0 aromatic heterocycles. The van der Waals surface area contributed by atoms with Crippen LogP contribution in [-0.2, 0) is 22.5 Å². The van der Waals surface area contributed by atoms with E-state index in [4.69, 9.17) is 0 Å². The maximum atomic E-state index is 13.0. The first-order valence-corrected chi connectivity index (χ1v) is 9.08. The van der Waals surface area contributed by atoms with E-state index in [2.05, 4.69) is 15.4 Å². The van der Waals surface area contributed by atoms with Crippen LogP contribution in [0.5, 0.6) is 0 Å². The smallest absolute Gasteiger partial charge is 0.325 e. The molecule has 28 heavy (non-hydrogen) atoms. The summed E-state index contributed by atoms with van der Waals surface area (Å²) < 4.78 is 4.48. The third-order valence-electron chi connectivity index (χ3n) is 4.68. The molecule has 3 amide bonds. The molecule has 0 saturated heterocycles. The molecule has 146 valence electrons. The third-order valence-corrected chi connectivity index (χ3v) is 4.68. The molecule has 1 aliphatic heterocycles. The quantitative estimate of drug-likeness (QED) is 0.778. The van der Waals surface area contributed by atoms with Crippen LogP contribution in [0.1, 0.15) is 28.4 Å². The van der Waals surface area contributed by atoms with Crippen LogP contribution in [0, 0.1) is 0 Å². The lowest BCUT2D eigenvalue weighted by Gasteiger charge is -2.23. The van der Waals surface area contributed by atoms with Crippen molar-refractivity contribution in [2.24, 2.45) is 0 Å². The van der Waals surface area contributed by atoms with E-state index in [1.807, 2.05) is 60.4 Å². The molecule has 2 aromatic carbocycles. The van der Waals surface area contributed by atoms with Gasteiger partial charge in [-0.3, -0.25) is 9.59 Å². The topological polar surface area (TPSA) is 87.7 Å². The van der Waals surface area contributed by atoms with Gasteiger partial charge in [-0.15, -0.1) is 0 Å². The molecule has 1 aliphatic rings. The summed E-state index contributed by atoms with van der Waals surface area (Å²) in [5, 5.41) is 5.12. The molecule has 0 aliphatic carbocycles. The van der Waals surface area contributed by atoms with Crippen LogP contribution in [0.4, 0.5) is 10.5 Å². The number of urea groups is 1. The number of benzene rings is 2. The van der Waals surface area contributed by atoms with Gasteiger partial charge in [-0.1, -0.05) is 30.3 Å². The summed E-state index contributed by atoms with van der Waals surface area (Å²) in [4.78, 5) is 37.6. The number of anilines is 1. The van der Waals surface area contributed by atoms with Gasteiger partial charge in [0, 0.05) is 23.8 Å². The average Bonchev–Trinajstić information content (AvgIpc) is 3.05. The molecule has 0 radical (unpaired) electrons. The number of nitrogens with one attached hydrogen (secondary N) is 2. The summed E-state index contributed by atoms with van der Waals surface area (Å²) in [5.74, 6) is -0.551. The molecule has 2 N–H and O–H groups in total. The fraction of sp³-hybridized carbons (Fsp3) is 0.286. The first-order valence-electron chi connectivity index (χ1n) is 9.08. The molecule has 0 bridgehead atoms. The Balaban J connectivity index is 1.70. The van der Waals surface area contributed by atoms with Crippen LogP contribution in [0.15, 0.2) is 48.5 Å². The highest BCUT2D eigenvalue weighted by atomic mass is 16.5. The van der Waals surface area contributed by atoms with Gasteiger partial charge in [0.1, 0.15) is 6.54 Å². The minimum Gasteiger partial charge on any atom is -0.468 e. The van der Waals surface area contributed by atoms with Gasteiger partial charge < -0.3 is 20.3 Å². The van der Waals surface area contributed by atoms with E-state index in [-0.39, 0.29) is 25.0 Å². The molecular formula is C21H23N3O4. The fourth-order valence-electron chi connectivity index (χ4n) is 3.26. The Kier molecular flexibility index (Phi) is 5.93. The van der Waals surface area contributed by atoms with Crippen LogP contribution < -0.4 is 15.5 Å². The van der Waals surface area contributed by atoms with E-state index in [1.54, 1.807) is 0 Å². The summed E-state index contributed by atoms with van der Waals surface area (Å²) in [7, 11) is 1.26. The molecule has 0 spiro atoms. The van der Waals surface area contributed by atoms with E-state index < -0.39 is 12.0 Å². The zero-order valence-electron chi connectivity index (χ0n) is 15.9. The Hall–Kier alpha value is -3.35. The number of hydrogen-bond acceptors (Lipinski definition) is 4. The molecule has 0 saturated carbocycles. The van der Waals surface area contributed by atoms with Gasteiger partial charge >= 0.3 is 12.0 Å². The van der Waals surface area contributed by atoms with Crippen LogP contribution in [-0.4, -0.2) is 37.6 Å². The maximum Gasteiger partial charge on any atom is 0.325 e. The van der Waals surface area contributed by atoms with E-state index in [1.165, 1.54) is 7.11 Å². The lowest BCUT2D eigenvalue weighted by atomic mass is 10.1. The Morgan fingerprint density at radius 3 is 2.57 bits per heavy atom. The Morgan fingerprint density at radius 1 is 1.11 bits per heavy atom. The van der Waals surface area contributed by atoms with Gasteiger partial charge in [0.05, 0.1) is 7.11 Å². The van der Waals surface area contributed by atoms with Crippen LogP contribution in [0.3, 0.4) is 0 Å². The van der Waals surface area contributed by atoms with E-state index in [9.17, 15) is 14.4 Å². The Morgan fingerprint density at radius 2 is 1.86 bits per heavy atom. The average molecular weight is 381 g/mol. The number of hydrogen-bond donors (Lipinski definition) is 2. The number of ether oxygens (including phenoxy) is 1. The number of carbonyl (C=O) groups excluding carboxylic acids is 3. The SMILES string of the molecule is COC(=O)CNC(=O)NCc1ccc2c(c1)N(C(=O)c1ccccc1)[C@H](C)C2. The number of nitrogens with zero attached hydrogens (tertiary/aromatic N) is 1. The van der Waals surface area contributed by atoms with Crippen molar-refractivity contribution in [3.8, 4) is 0 Å². The van der Waals surface area contributed by atoms with Crippen molar-refractivity contribution in [3.05, 3.63) is 65.2 Å². The normalized spacial score (nSPS) is 14.9. The monoisotopic (exact) mass is 381 g/mol. The Labute approximate surface area is 163 Å². The van der Waals surface area contributed by atoms with Gasteiger partial charge in [-0.25, -0.2) is 4.79 Å². The summed E-state index contributed by atoms with van der Waals surface area (Å²) in [6, 6.07) is 14.7. The van der Waals surface area contributed by atoms with Crippen molar-refractivity contribution in [1.29, 1.82) is 0 Å². The predicted molar refractivity (Wildman–Crippen MR) is 105 cm³/mol. The van der Waals surface area contributed by atoms with Gasteiger partial charge in [0.15, 0.2) is 0 Å². The second kappa shape index (κ2) is 8.56. The zero-order chi connectivity index (χ0) is 20.1. The van der Waals surface area contributed by atoms with Crippen LogP contribution in [0.2, 0.25) is 0 Å². The fourth-order valence-corrected chi connectivity index (χ4v) is 3.26. The zero-order valence-corrected chi connectivity index (χ0v) is 15.9. The largest absolute Gasteiger partial charge is 0.468 e. The summed E-state index contributed by atoms with van der Waals surface area (Å²) in [5.41, 5.74) is 3.49.